The Kier molecular flexibility index (Phi) is 2.66. The molecule has 0 saturated heterocycles. The maximum absolute atomic E-state index is 12.1. The molecule has 2 bridgehead atoms. The van der Waals surface area contributed by atoms with Gasteiger partial charge in [-0.05, 0) is 18.3 Å². The van der Waals surface area contributed by atoms with Gasteiger partial charge in [0.2, 0.25) is 5.91 Å². The summed E-state index contributed by atoms with van der Waals surface area (Å²) in [7, 11) is 0. The number of rotatable bonds is 3. The van der Waals surface area contributed by atoms with Gasteiger partial charge in [-0.1, -0.05) is 12.2 Å². The number of hydrogen-bond acceptors (Lipinski definition) is 5. The number of carboxylic acid groups (broad SMARTS) is 1. The van der Waals surface area contributed by atoms with Gasteiger partial charge in [0.05, 0.1) is 5.92 Å². The van der Waals surface area contributed by atoms with Crippen molar-refractivity contribution in [3.63, 3.8) is 0 Å². The second-order valence-electron chi connectivity index (χ2n) is 4.65. The summed E-state index contributed by atoms with van der Waals surface area (Å²) in [6.07, 6.45) is 6.15. The number of nitrogens with zero attached hydrogens (tertiary/aromatic N) is 1. The molecule has 2 aliphatic carbocycles. The molecule has 0 unspecified atom stereocenters. The number of amides is 1. The number of nitrogens with one attached hydrogen (secondary N) is 1. The van der Waals surface area contributed by atoms with Crippen LogP contribution in [0.2, 0.25) is 0 Å². The summed E-state index contributed by atoms with van der Waals surface area (Å²) >= 11 is 1.32. The fourth-order valence-electron chi connectivity index (χ4n) is 2.97. The number of carbonyl (C=O) groups is 2. The third-order valence-corrected chi connectivity index (χ3v) is 4.39. The van der Waals surface area contributed by atoms with Gasteiger partial charge in [0.1, 0.15) is 0 Å². The lowest BCUT2D eigenvalue weighted by Crippen LogP contribution is -2.42. The smallest absolute Gasteiger partial charge is 0.230 e. The van der Waals surface area contributed by atoms with Crippen molar-refractivity contribution in [2.45, 2.75) is 6.42 Å². The number of carbonyl (C=O) groups excluding carboxylic acids is 2. The highest BCUT2D eigenvalue weighted by Gasteiger charge is 2.48. The van der Waals surface area contributed by atoms with E-state index in [1.54, 1.807) is 11.6 Å². The fourth-order valence-corrected chi connectivity index (χ4v) is 3.51. The molecule has 94 valence electrons. The molecule has 0 aliphatic heterocycles. The summed E-state index contributed by atoms with van der Waals surface area (Å²) in [6.45, 7) is 0. The van der Waals surface area contributed by atoms with Crippen LogP contribution in [-0.2, 0) is 9.59 Å². The van der Waals surface area contributed by atoms with Crippen LogP contribution in [0.25, 0.3) is 0 Å². The number of thiazole rings is 1. The number of fused-ring (bicyclic) bond motifs is 2. The van der Waals surface area contributed by atoms with Gasteiger partial charge < -0.3 is 15.2 Å². The molecule has 18 heavy (non-hydrogen) atoms. The Labute approximate surface area is 108 Å². The zero-order valence-electron chi connectivity index (χ0n) is 9.41. The maximum atomic E-state index is 12.1. The van der Waals surface area contributed by atoms with E-state index in [-0.39, 0.29) is 17.7 Å². The standard InChI is InChI=1S/C12H12N2O3S/c15-10(14-12-13-3-4-18-12)8-6-1-2-7(5-6)9(8)11(16)17/h1-4,6-9H,5H2,(H,16,17)(H,13,14,15)/p-1/t6-,7+,8-,9+/m1/s1. The number of aromatic nitrogens is 1. The summed E-state index contributed by atoms with van der Waals surface area (Å²) in [5.41, 5.74) is 0. The van der Waals surface area contributed by atoms with Gasteiger partial charge in [-0.15, -0.1) is 11.3 Å². The molecule has 4 atom stereocenters. The predicted octanol–water partition coefficient (Wildman–Crippen LogP) is 0.270. The molecular formula is C12H11N2O3S-. The number of allylic oxidation sites excluding steroid dienone is 2. The highest BCUT2D eigenvalue weighted by molar-refractivity contribution is 7.13. The van der Waals surface area contributed by atoms with Crippen molar-refractivity contribution in [2.75, 3.05) is 5.32 Å². The van der Waals surface area contributed by atoms with Crippen LogP contribution in [-0.4, -0.2) is 16.9 Å². The van der Waals surface area contributed by atoms with Crippen molar-refractivity contribution < 1.29 is 14.7 Å². The Bertz CT molecular complexity index is 511. The molecule has 0 spiro atoms. The van der Waals surface area contributed by atoms with E-state index < -0.39 is 17.8 Å². The Morgan fingerprint density at radius 3 is 2.67 bits per heavy atom. The summed E-state index contributed by atoms with van der Waals surface area (Å²) < 4.78 is 0. The van der Waals surface area contributed by atoms with Gasteiger partial charge in [0.25, 0.3) is 0 Å². The van der Waals surface area contributed by atoms with Gasteiger partial charge in [-0.2, -0.15) is 0 Å². The first-order chi connectivity index (χ1) is 8.66. The van der Waals surface area contributed by atoms with E-state index in [0.29, 0.717) is 5.13 Å². The zero-order valence-corrected chi connectivity index (χ0v) is 10.2. The Morgan fingerprint density at radius 1 is 1.33 bits per heavy atom. The molecule has 1 amide bonds. The van der Waals surface area contributed by atoms with Crippen molar-refractivity contribution >= 4 is 28.3 Å². The molecule has 1 aromatic heterocycles. The lowest BCUT2D eigenvalue weighted by molar-refractivity contribution is -0.313. The maximum Gasteiger partial charge on any atom is 0.230 e. The van der Waals surface area contributed by atoms with Crippen LogP contribution in [0.3, 0.4) is 0 Å². The lowest BCUT2D eigenvalue weighted by Gasteiger charge is -2.27. The van der Waals surface area contributed by atoms with Crippen LogP contribution < -0.4 is 10.4 Å². The number of aliphatic carboxylic acids is 1. The number of hydrogen-bond donors (Lipinski definition) is 1. The van der Waals surface area contributed by atoms with Crippen molar-refractivity contribution in [1.29, 1.82) is 0 Å². The number of carboxylic acids is 1. The van der Waals surface area contributed by atoms with Gasteiger partial charge in [0, 0.05) is 23.5 Å². The van der Waals surface area contributed by atoms with Crippen LogP contribution in [0, 0.1) is 23.7 Å². The minimum absolute atomic E-state index is 0.0119. The zero-order chi connectivity index (χ0) is 12.7. The molecule has 0 radical (unpaired) electrons. The van der Waals surface area contributed by atoms with Crippen LogP contribution in [0.5, 0.6) is 0 Å². The van der Waals surface area contributed by atoms with E-state index >= 15 is 0 Å². The van der Waals surface area contributed by atoms with Crippen molar-refractivity contribution in [1.82, 2.24) is 4.98 Å². The van der Waals surface area contributed by atoms with Gasteiger partial charge in [-0.25, -0.2) is 4.98 Å². The molecule has 5 nitrogen and oxygen atoms in total. The van der Waals surface area contributed by atoms with Gasteiger partial charge in [0.15, 0.2) is 5.13 Å². The quantitative estimate of drug-likeness (QED) is 0.794. The average Bonchev–Trinajstić information content (AvgIpc) is 3.03. The number of anilines is 1. The SMILES string of the molecule is O=C([O-])[C@@H]1[C@H](C(=O)Nc2nccs2)[C@@H]2C=C[C@H]1C2. The molecule has 3 rings (SSSR count). The minimum atomic E-state index is -1.13. The minimum Gasteiger partial charge on any atom is -0.550 e. The topological polar surface area (TPSA) is 82.1 Å². The Hall–Kier alpha value is -1.69. The van der Waals surface area contributed by atoms with E-state index in [0.717, 1.165) is 6.42 Å². The lowest BCUT2D eigenvalue weighted by atomic mass is 9.82. The molecule has 0 aromatic carbocycles. The van der Waals surface area contributed by atoms with Crippen LogP contribution in [0.15, 0.2) is 23.7 Å². The van der Waals surface area contributed by atoms with E-state index in [1.165, 1.54) is 11.3 Å². The van der Waals surface area contributed by atoms with Gasteiger partial charge in [-0.3, -0.25) is 4.79 Å². The molecular weight excluding hydrogens is 252 g/mol. The third kappa shape index (κ3) is 1.73. The predicted molar refractivity (Wildman–Crippen MR) is 63.5 cm³/mol. The van der Waals surface area contributed by atoms with Crippen LogP contribution in [0.4, 0.5) is 5.13 Å². The van der Waals surface area contributed by atoms with Crippen molar-refractivity contribution in [3.8, 4) is 0 Å². The highest BCUT2D eigenvalue weighted by Crippen LogP contribution is 2.48. The van der Waals surface area contributed by atoms with Gasteiger partial charge >= 0.3 is 0 Å². The van der Waals surface area contributed by atoms with Crippen molar-refractivity contribution in [3.05, 3.63) is 23.7 Å². The summed E-state index contributed by atoms with van der Waals surface area (Å²) in [5.74, 6) is -2.69. The van der Waals surface area contributed by atoms with Crippen LogP contribution in [0.1, 0.15) is 6.42 Å². The van der Waals surface area contributed by atoms with E-state index in [2.05, 4.69) is 10.3 Å². The Morgan fingerprint density at radius 2 is 2.06 bits per heavy atom. The largest absolute Gasteiger partial charge is 0.550 e. The Balaban J connectivity index is 1.80. The van der Waals surface area contributed by atoms with E-state index in [4.69, 9.17) is 0 Å². The average molecular weight is 263 g/mol. The summed E-state index contributed by atoms with van der Waals surface area (Å²) in [5, 5.41) is 16.1. The fraction of sp³-hybridized carbons (Fsp3) is 0.417. The third-order valence-electron chi connectivity index (χ3n) is 3.70. The first-order valence-corrected chi connectivity index (χ1v) is 6.64. The normalized spacial score (nSPS) is 32.7. The van der Waals surface area contributed by atoms with E-state index in [9.17, 15) is 14.7 Å². The van der Waals surface area contributed by atoms with E-state index in [1.807, 2.05) is 12.2 Å². The molecule has 1 saturated carbocycles. The monoisotopic (exact) mass is 263 g/mol. The van der Waals surface area contributed by atoms with Crippen molar-refractivity contribution in [2.24, 2.45) is 23.7 Å². The summed E-state index contributed by atoms with van der Waals surface area (Å²) in [6, 6.07) is 0. The molecule has 1 heterocycles. The molecule has 2 aliphatic rings. The first-order valence-electron chi connectivity index (χ1n) is 5.76. The van der Waals surface area contributed by atoms with Crippen LogP contribution >= 0.6 is 11.3 Å². The second kappa shape index (κ2) is 4.20. The molecule has 6 heteroatoms. The molecule has 1 fully saturated rings. The molecule has 1 N–H and O–H groups in total. The molecule has 1 aromatic rings. The summed E-state index contributed by atoms with van der Waals surface area (Å²) in [4.78, 5) is 27.3. The second-order valence-corrected chi connectivity index (χ2v) is 5.54. The highest BCUT2D eigenvalue weighted by atomic mass is 32.1. The first kappa shape index (κ1) is 11.4.